The van der Waals surface area contributed by atoms with E-state index < -0.39 is 0 Å². The molecule has 0 spiro atoms. The Hall–Kier alpha value is -2.16. The second kappa shape index (κ2) is 6.53. The van der Waals surface area contributed by atoms with Crippen molar-refractivity contribution in [2.24, 2.45) is 0 Å². The minimum absolute atomic E-state index is 0.116. The maximum absolute atomic E-state index is 6.24. The molecule has 0 aliphatic carbocycles. The van der Waals surface area contributed by atoms with Crippen molar-refractivity contribution in [2.45, 2.75) is 33.4 Å². The van der Waals surface area contributed by atoms with Crippen LogP contribution in [-0.2, 0) is 6.54 Å². The normalized spacial score (nSPS) is 10.7. The van der Waals surface area contributed by atoms with Crippen LogP contribution in [0, 0.1) is 6.92 Å². The number of nitrogens with two attached hydrogens (primary N) is 1. The van der Waals surface area contributed by atoms with Crippen molar-refractivity contribution in [1.29, 1.82) is 0 Å². The van der Waals surface area contributed by atoms with E-state index in [9.17, 15) is 0 Å². The number of benzene rings is 2. The third-order valence-electron chi connectivity index (χ3n) is 3.36. The Morgan fingerprint density at radius 3 is 2.38 bits per heavy atom. The van der Waals surface area contributed by atoms with Gasteiger partial charge in [-0.2, -0.15) is 0 Å². The monoisotopic (exact) mass is 284 g/mol. The number of hydrogen-bond donors (Lipinski definition) is 1. The molecule has 0 bridgehead atoms. The summed E-state index contributed by atoms with van der Waals surface area (Å²) in [5.74, 6) is 0.748. The number of para-hydroxylation sites is 1. The van der Waals surface area contributed by atoms with Gasteiger partial charge in [-0.3, -0.25) is 0 Å². The van der Waals surface area contributed by atoms with Gasteiger partial charge in [0, 0.05) is 13.6 Å². The summed E-state index contributed by atoms with van der Waals surface area (Å²) in [5, 5.41) is 0. The highest BCUT2D eigenvalue weighted by molar-refractivity contribution is 5.73. The molecule has 2 N–H and O–H groups in total. The van der Waals surface area contributed by atoms with Crippen molar-refractivity contribution in [3.05, 3.63) is 53.6 Å². The Kier molecular flexibility index (Phi) is 4.73. The van der Waals surface area contributed by atoms with Gasteiger partial charge in [-0.25, -0.2) is 0 Å². The van der Waals surface area contributed by atoms with Crippen LogP contribution in [0.4, 0.5) is 11.4 Å². The third kappa shape index (κ3) is 3.91. The van der Waals surface area contributed by atoms with E-state index in [2.05, 4.69) is 36.1 Å². The molecule has 0 aromatic heterocycles. The van der Waals surface area contributed by atoms with E-state index in [1.165, 1.54) is 11.1 Å². The summed E-state index contributed by atoms with van der Waals surface area (Å²) in [6, 6.07) is 14.5. The highest BCUT2D eigenvalue weighted by Crippen LogP contribution is 2.32. The molecule has 0 fully saturated rings. The Bertz CT molecular complexity index is 591. The molecule has 2 rings (SSSR count). The first-order chi connectivity index (χ1) is 9.97. The average molecular weight is 284 g/mol. The molecule has 0 saturated carbocycles. The lowest BCUT2D eigenvalue weighted by atomic mass is 10.1. The van der Waals surface area contributed by atoms with Gasteiger partial charge in [0.05, 0.1) is 17.5 Å². The maximum atomic E-state index is 6.24. The summed E-state index contributed by atoms with van der Waals surface area (Å²) in [6.45, 7) is 6.91. The number of nitrogen functional groups attached to an aromatic ring is 1. The van der Waals surface area contributed by atoms with Gasteiger partial charge in [-0.15, -0.1) is 0 Å². The molecule has 21 heavy (non-hydrogen) atoms. The van der Waals surface area contributed by atoms with Gasteiger partial charge >= 0.3 is 0 Å². The fraction of sp³-hybridized carbons (Fsp3) is 0.333. The third-order valence-corrected chi connectivity index (χ3v) is 3.36. The maximum Gasteiger partial charge on any atom is 0.144 e. The molecule has 0 heterocycles. The number of aryl methyl sites for hydroxylation is 1. The van der Waals surface area contributed by atoms with Gasteiger partial charge in [0.15, 0.2) is 0 Å². The summed E-state index contributed by atoms with van der Waals surface area (Å²) in [7, 11) is 2.05. The fourth-order valence-electron chi connectivity index (χ4n) is 2.27. The minimum Gasteiger partial charge on any atom is -0.489 e. The molecule has 3 heteroatoms. The molecule has 2 aromatic rings. The van der Waals surface area contributed by atoms with Crippen LogP contribution in [0.15, 0.2) is 42.5 Å². The van der Waals surface area contributed by atoms with Crippen LogP contribution in [0.3, 0.4) is 0 Å². The predicted octanol–water partition coefficient (Wildman–Crippen LogP) is 4.00. The molecule has 0 amide bonds. The lowest BCUT2D eigenvalue weighted by Gasteiger charge is -2.23. The fourth-order valence-corrected chi connectivity index (χ4v) is 2.27. The van der Waals surface area contributed by atoms with Crippen LogP contribution in [-0.4, -0.2) is 13.2 Å². The van der Waals surface area contributed by atoms with Gasteiger partial charge in [0.1, 0.15) is 5.75 Å². The van der Waals surface area contributed by atoms with Crippen molar-refractivity contribution >= 4 is 11.4 Å². The predicted molar refractivity (Wildman–Crippen MR) is 89.9 cm³/mol. The molecular weight excluding hydrogens is 260 g/mol. The highest BCUT2D eigenvalue weighted by Gasteiger charge is 2.11. The first-order valence-corrected chi connectivity index (χ1v) is 7.29. The summed E-state index contributed by atoms with van der Waals surface area (Å²) in [5.41, 5.74) is 10.5. The van der Waals surface area contributed by atoms with E-state index in [4.69, 9.17) is 10.5 Å². The summed E-state index contributed by atoms with van der Waals surface area (Å²) in [6.07, 6.45) is 0.116. The molecule has 0 aliphatic heterocycles. The van der Waals surface area contributed by atoms with Crippen LogP contribution in [0.25, 0.3) is 0 Å². The number of rotatable bonds is 5. The van der Waals surface area contributed by atoms with Crippen molar-refractivity contribution in [3.8, 4) is 5.75 Å². The van der Waals surface area contributed by atoms with E-state index in [0.29, 0.717) is 5.69 Å². The van der Waals surface area contributed by atoms with E-state index >= 15 is 0 Å². The van der Waals surface area contributed by atoms with Crippen LogP contribution < -0.4 is 15.4 Å². The van der Waals surface area contributed by atoms with Crippen molar-refractivity contribution in [1.82, 2.24) is 0 Å². The molecule has 0 atom stereocenters. The largest absolute Gasteiger partial charge is 0.489 e. The smallest absolute Gasteiger partial charge is 0.144 e. The Labute approximate surface area is 127 Å². The van der Waals surface area contributed by atoms with E-state index in [-0.39, 0.29) is 6.10 Å². The summed E-state index contributed by atoms with van der Waals surface area (Å²) >= 11 is 0. The zero-order chi connectivity index (χ0) is 15.4. The Balaban J connectivity index is 2.18. The van der Waals surface area contributed by atoms with Gasteiger partial charge < -0.3 is 15.4 Å². The van der Waals surface area contributed by atoms with Crippen molar-refractivity contribution < 1.29 is 4.74 Å². The molecule has 3 nitrogen and oxygen atoms in total. The van der Waals surface area contributed by atoms with Gasteiger partial charge in [-0.1, -0.05) is 35.9 Å². The lowest BCUT2D eigenvalue weighted by molar-refractivity contribution is 0.244. The summed E-state index contributed by atoms with van der Waals surface area (Å²) in [4.78, 5) is 2.15. The highest BCUT2D eigenvalue weighted by atomic mass is 16.5. The standard InChI is InChI=1S/C18H24N2O/c1-13(2)21-17-7-5-6-16(18(17)19)20(4)12-15-10-8-14(3)9-11-15/h5-11,13H,12,19H2,1-4H3. The molecule has 112 valence electrons. The second-order valence-electron chi connectivity index (χ2n) is 5.70. The van der Waals surface area contributed by atoms with Gasteiger partial charge in [0.25, 0.3) is 0 Å². The topological polar surface area (TPSA) is 38.5 Å². The average Bonchev–Trinajstić information content (AvgIpc) is 2.43. The number of nitrogens with zero attached hydrogens (tertiary/aromatic N) is 1. The lowest BCUT2D eigenvalue weighted by Crippen LogP contribution is -2.18. The quantitative estimate of drug-likeness (QED) is 0.843. The molecule has 0 aliphatic rings. The molecular formula is C18H24N2O. The number of hydrogen-bond acceptors (Lipinski definition) is 3. The number of ether oxygens (including phenoxy) is 1. The van der Waals surface area contributed by atoms with Crippen LogP contribution in [0.5, 0.6) is 5.75 Å². The van der Waals surface area contributed by atoms with Gasteiger partial charge in [-0.05, 0) is 38.5 Å². The molecule has 0 unspecified atom stereocenters. The first-order valence-electron chi connectivity index (χ1n) is 7.29. The van der Waals surface area contributed by atoms with E-state index in [1.807, 2.05) is 39.1 Å². The van der Waals surface area contributed by atoms with Crippen molar-refractivity contribution in [2.75, 3.05) is 17.7 Å². The second-order valence-corrected chi connectivity index (χ2v) is 5.70. The molecule has 2 aromatic carbocycles. The van der Waals surface area contributed by atoms with Crippen LogP contribution >= 0.6 is 0 Å². The van der Waals surface area contributed by atoms with Gasteiger partial charge in [0.2, 0.25) is 0 Å². The number of anilines is 2. The Morgan fingerprint density at radius 2 is 1.76 bits per heavy atom. The van der Waals surface area contributed by atoms with Crippen LogP contribution in [0.1, 0.15) is 25.0 Å². The SMILES string of the molecule is Cc1ccc(CN(C)c2cccc(OC(C)C)c2N)cc1. The van der Waals surface area contributed by atoms with Crippen LogP contribution in [0.2, 0.25) is 0 Å². The molecule has 0 saturated heterocycles. The van der Waals surface area contributed by atoms with E-state index in [0.717, 1.165) is 18.0 Å². The zero-order valence-corrected chi connectivity index (χ0v) is 13.3. The molecule has 0 radical (unpaired) electrons. The summed E-state index contributed by atoms with van der Waals surface area (Å²) < 4.78 is 5.75. The zero-order valence-electron chi connectivity index (χ0n) is 13.3. The first kappa shape index (κ1) is 15.2. The Morgan fingerprint density at radius 1 is 1.10 bits per heavy atom. The van der Waals surface area contributed by atoms with Crippen molar-refractivity contribution in [3.63, 3.8) is 0 Å². The minimum atomic E-state index is 0.116. The van der Waals surface area contributed by atoms with E-state index in [1.54, 1.807) is 0 Å².